The first kappa shape index (κ1) is 27.3. The number of likely N-dealkylation sites (tertiary alicyclic amines) is 1. The third kappa shape index (κ3) is 9.09. The van der Waals surface area contributed by atoms with Gasteiger partial charge >= 0.3 is 0 Å². The number of nitrogens with one attached hydrogen (secondary N) is 2. The molecular formula is C23H36IN5O4. The zero-order chi connectivity index (χ0) is 22.8. The molecule has 1 unspecified atom stereocenters. The number of hydrogen-bond acceptors (Lipinski definition) is 5. The second-order valence-corrected chi connectivity index (χ2v) is 8.26. The summed E-state index contributed by atoms with van der Waals surface area (Å²) in [5.74, 6) is -0.0269. The molecule has 4 N–H and O–H groups in total. The number of amides is 2. The zero-order valence-electron chi connectivity index (χ0n) is 19.3. The summed E-state index contributed by atoms with van der Waals surface area (Å²) in [5, 5.41) is 5.88. The van der Waals surface area contributed by atoms with Crippen molar-refractivity contribution in [2.45, 2.75) is 50.9 Å². The lowest BCUT2D eigenvalue weighted by molar-refractivity contribution is -0.117. The standard InChI is InChI=1S/C23H35N5O4.HI/c1-25-23(27-14-17-5-7-18(8-6-17)22(30)26-15-21(24)29)28-11-9-19(10-12-28)32-16-20-4-2-3-13-31-20;/h5-8,19-20H,2-4,9-16H2,1H3,(H2,24,29)(H,25,27)(H,26,30);1H. The van der Waals surface area contributed by atoms with Crippen molar-refractivity contribution in [2.24, 2.45) is 10.7 Å². The van der Waals surface area contributed by atoms with Crippen molar-refractivity contribution in [3.8, 4) is 0 Å². The monoisotopic (exact) mass is 573 g/mol. The lowest BCUT2D eigenvalue weighted by Crippen LogP contribution is -2.47. The van der Waals surface area contributed by atoms with Crippen LogP contribution in [-0.4, -0.2) is 74.8 Å². The molecule has 33 heavy (non-hydrogen) atoms. The summed E-state index contributed by atoms with van der Waals surface area (Å²) in [6, 6.07) is 7.23. The van der Waals surface area contributed by atoms with Gasteiger partial charge in [0.15, 0.2) is 5.96 Å². The van der Waals surface area contributed by atoms with Crippen LogP contribution in [0.25, 0.3) is 0 Å². The van der Waals surface area contributed by atoms with Crippen LogP contribution in [0.15, 0.2) is 29.3 Å². The van der Waals surface area contributed by atoms with Crippen LogP contribution in [0.4, 0.5) is 0 Å². The van der Waals surface area contributed by atoms with Crippen molar-refractivity contribution < 1.29 is 19.1 Å². The lowest BCUT2D eigenvalue weighted by Gasteiger charge is -2.35. The number of benzene rings is 1. The van der Waals surface area contributed by atoms with Crippen LogP contribution in [0.1, 0.15) is 48.0 Å². The molecule has 9 nitrogen and oxygen atoms in total. The van der Waals surface area contributed by atoms with Crippen LogP contribution >= 0.6 is 24.0 Å². The molecule has 10 heteroatoms. The van der Waals surface area contributed by atoms with Gasteiger partial charge in [-0.3, -0.25) is 14.6 Å². The summed E-state index contributed by atoms with van der Waals surface area (Å²) >= 11 is 0. The number of carbonyl (C=O) groups is 2. The van der Waals surface area contributed by atoms with Gasteiger partial charge in [0.1, 0.15) is 0 Å². The van der Waals surface area contributed by atoms with E-state index in [-0.39, 0.29) is 48.6 Å². The molecule has 0 aromatic heterocycles. The highest BCUT2D eigenvalue weighted by Crippen LogP contribution is 2.18. The molecule has 1 aromatic carbocycles. The van der Waals surface area contributed by atoms with Gasteiger partial charge in [0.05, 0.1) is 25.4 Å². The Hall–Kier alpha value is -1.92. The Labute approximate surface area is 212 Å². The maximum absolute atomic E-state index is 12.0. The number of ether oxygens (including phenoxy) is 2. The molecule has 3 rings (SSSR count). The molecule has 2 aliphatic rings. The number of hydrogen-bond donors (Lipinski definition) is 3. The van der Waals surface area contributed by atoms with Crippen LogP contribution in [0.5, 0.6) is 0 Å². The van der Waals surface area contributed by atoms with E-state index in [2.05, 4.69) is 20.5 Å². The zero-order valence-corrected chi connectivity index (χ0v) is 21.6. The van der Waals surface area contributed by atoms with Gasteiger partial charge in [0.25, 0.3) is 5.91 Å². The first-order valence-corrected chi connectivity index (χ1v) is 11.4. The van der Waals surface area contributed by atoms with Gasteiger partial charge in [-0.25, -0.2) is 0 Å². The van der Waals surface area contributed by atoms with Gasteiger partial charge < -0.3 is 30.7 Å². The van der Waals surface area contributed by atoms with Gasteiger partial charge in [-0.2, -0.15) is 0 Å². The van der Waals surface area contributed by atoms with Gasteiger partial charge in [-0.05, 0) is 49.8 Å². The average molecular weight is 573 g/mol. The van der Waals surface area contributed by atoms with E-state index in [9.17, 15) is 9.59 Å². The highest BCUT2D eigenvalue weighted by molar-refractivity contribution is 14.0. The minimum absolute atomic E-state index is 0. The largest absolute Gasteiger partial charge is 0.376 e. The van der Waals surface area contributed by atoms with E-state index in [0.29, 0.717) is 18.7 Å². The number of halogens is 1. The van der Waals surface area contributed by atoms with Crippen molar-refractivity contribution in [1.29, 1.82) is 0 Å². The minimum Gasteiger partial charge on any atom is -0.376 e. The van der Waals surface area contributed by atoms with E-state index >= 15 is 0 Å². The normalized spacial score (nSPS) is 19.5. The molecule has 2 saturated heterocycles. The van der Waals surface area contributed by atoms with Crippen molar-refractivity contribution >= 4 is 41.8 Å². The third-order valence-corrected chi connectivity index (χ3v) is 5.84. The van der Waals surface area contributed by atoms with Crippen LogP contribution < -0.4 is 16.4 Å². The second-order valence-electron chi connectivity index (χ2n) is 8.26. The number of aliphatic imine (C=N–C) groups is 1. The Morgan fingerprint density at radius 1 is 1.15 bits per heavy atom. The van der Waals surface area contributed by atoms with E-state index in [1.54, 1.807) is 19.2 Å². The number of rotatable bonds is 8. The number of piperidine rings is 1. The Morgan fingerprint density at radius 2 is 1.88 bits per heavy atom. The van der Waals surface area contributed by atoms with Crippen LogP contribution in [-0.2, 0) is 20.8 Å². The fourth-order valence-corrected chi connectivity index (χ4v) is 3.97. The van der Waals surface area contributed by atoms with Crippen molar-refractivity contribution in [3.63, 3.8) is 0 Å². The summed E-state index contributed by atoms with van der Waals surface area (Å²) in [7, 11) is 1.79. The van der Waals surface area contributed by atoms with E-state index < -0.39 is 5.91 Å². The quantitative estimate of drug-likeness (QED) is 0.247. The van der Waals surface area contributed by atoms with Crippen LogP contribution in [0.3, 0.4) is 0 Å². The Bertz CT molecular complexity index is 776. The summed E-state index contributed by atoms with van der Waals surface area (Å²) in [5.41, 5.74) is 6.57. The van der Waals surface area contributed by atoms with E-state index in [1.807, 2.05) is 12.1 Å². The predicted molar refractivity (Wildman–Crippen MR) is 138 cm³/mol. The molecule has 0 spiro atoms. The predicted octanol–water partition coefficient (Wildman–Crippen LogP) is 1.65. The molecule has 0 radical (unpaired) electrons. The number of primary amides is 1. The molecule has 2 heterocycles. The van der Waals surface area contributed by atoms with Crippen LogP contribution in [0.2, 0.25) is 0 Å². The molecule has 184 valence electrons. The molecule has 0 saturated carbocycles. The molecule has 1 aromatic rings. The van der Waals surface area contributed by atoms with Gasteiger partial charge in [0, 0.05) is 38.9 Å². The minimum atomic E-state index is -0.570. The fourth-order valence-electron chi connectivity index (χ4n) is 3.97. The maximum Gasteiger partial charge on any atom is 0.251 e. The molecule has 2 amide bonds. The third-order valence-electron chi connectivity index (χ3n) is 5.84. The smallest absolute Gasteiger partial charge is 0.251 e. The van der Waals surface area contributed by atoms with Crippen LogP contribution in [0, 0.1) is 0 Å². The molecule has 0 bridgehead atoms. The molecular weight excluding hydrogens is 537 g/mol. The summed E-state index contributed by atoms with van der Waals surface area (Å²) < 4.78 is 11.9. The number of carbonyl (C=O) groups excluding carboxylic acids is 2. The number of nitrogens with two attached hydrogens (primary N) is 1. The summed E-state index contributed by atoms with van der Waals surface area (Å²) in [6.45, 7) is 3.79. The van der Waals surface area contributed by atoms with Crippen molar-refractivity contribution in [3.05, 3.63) is 35.4 Å². The SMILES string of the molecule is CN=C(NCc1ccc(C(=O)NCC(N)=O)cc1)N1CCC(OCC2CCCCO2)CC1.I. The fraction of sp³-hybridized carbons (Fsp3) is 0.609. The van der Waals surface area contributed by atoms with Crippen molar-refractivity contribution in [2.75, 3.05) is 39.9 Å². The molecule has 1 atom stereocenters. The van der Waals surface area contributed by atoms with Crippen molar-refractivity contribution in [1.82, 2.24) is 15.5 Å². The molecule has 0 aliphatic carbocycles. The first-order chi connectivity index (χ1) is 15.5. The van der Waals surface area contributed by atoms with E-state index in [1.165, 1.54) is 6.42 Å². The lowest BCUT2D eigenvalue weighted by atomic mass is 10.1. The summed E-state index contributed by atoms with van der Waals surface area (Å²) in [4.78, 5) is 29.4. The van der Waals surface area contributed by atoms with E-state index in [0.717, 1.165) is 56.9 Å². The maximum atomic E-state index is 12.0. The molecule has 2 fully saturated rings. The Morgan fingerprint density at radius 3 is 2.48 bits per heavy atom. The highest BCUT2D eigenvalue weighted by Gasteiger charge is 2.23. The molecule has 2 aliphatic heterocycles. The number of nitrogens with zero attached hydrogens (tertiary/aromatic N) is 2. The Kier molecular flexibility index (Phi) is 11.9. The topological polar surface area (TPSA) is 118 Å². The first-order valence-electron chi connectivity index (χ1n) is 11.4. The van der Waals surface area contributed by atoms with Gasteiger partial charge in [-0.15, -0.1) is 24.0 Å². The second kappa shape index (κ2) is 14.4. The number of guanidine groups is 1. The van der Waals surface area contributed by atoms with Gasteiger partial charge in [-0.1, -0.05) is 12.1 Å². The summed E-state index contributed by atoms with van der Waals surface area (Å²) in [6.07, 6.45) is 6.00. The van der Waals surface area contributed by atoms with E-state index in [4.69, 9.17) is 15.2 Å². The Balaban J connectivity index is 0.00000385. The highest BCUT2D eigenvalue weighted by atomic mass is 127. The average Bonchev–Trinajstić information content (AvgIpc) is 2.83. The van der Waals surface area contributed by atoms with Gasteiger partial charge in [0.2, 0.25) is 5.91 Å².